The zero-order valence-corrected chi connectivity index (χ0v) is 8.36. The first kappa shape index (κ1) is 11.5. The summed E-state index contributed by atoms with van der Waals surface area (Å²) in [6, 6.07) is 0. The van der Waals surface area contributed by atoms with E-state index in [1.165, 1.54) is 25.7 Å². The minimum absolute atomic E-state index is 0.204. The number of hydrogen-bond acceptors (Lipinski definition) is 1. The van der Waals surface area contributed by atoms with Crippen LogP contribution in [0.1, 0.15) is 52.4 Å². The lowest BCUT2D eigenvalue weighted by Crippen LogP contribution is -2.12. The van der Waals surface area contributed by atoms with Crippen molar-refractivity contribution in [3.05, 3.63) is 0 Å². The summed E-state index contributed by atoms with van der Waals surface area (Å²) in [6.45, 7) is 5.35. The normalized spacial score (nSPS) is 15.0. The second-order valence-electron chi connectivity index (χ2n) is 3.16. The Morgan fingerprint density at radius 2 is 1.83 bits per heavy atom. The molecule has 1 heterocycles. The molecule has 1 saturated heterocycles. The molecule has 0 aliphatic carbocycles. The van der Waals surface area contributed by atoms with E-state index >= 15 is 0 Å². The number of unbranched alkanes of at least 4 members (excludes halogenated alkanes) is 3. The Morgan fingerprint density at radius 1 is 1.25 bits per heavy atom. The van der Waals surface area contributed by atoms with Crippen molar-refractivity contribution in [2.24, 2.45) is 0 Å². The quantitative estimate of drug-likeness (QED) is 0.649. The minimum Gasteiger partial charge on any atom is -0.356 e. The maximum atomic E-state index is 10.1. The number of hydrogen-bond donors (Lipinski definition) is 1. The average molecular weight is 171 g/mol. The highest BCUT2D eigenvalue weighted by Crippen LogP contribution is 1.95. The topological polar surface area (TPSA) is 29.1 Å². The van der Waals surface area contributed by atoms with Crippen LogP contribution in [0, 0.1) is 0 Å². The van der Waals surface area contributed by atoms with Crippen LogP contribution in [-0.2, 0) is 4.79 Å². The van der Waals surface area contributed by atoms with Gasteiger partial charge in [-0.2, -0.15) is 0 Å². The fourth-order valence-electron chi connectivity index (χ4n) is 1.07. The number of carbonyl (C=O) groups is 1. The summed E-state index contributed by atoms with van der Waals surface area (Å²) in [5, 5.41) is 2.68. The molecule has 2 heteroatoms. The fraction of sp³-hybridized carbons (Fsp3) is 0.900. The molecule has 1 N–H and O–H groups in total. The van der Waals surface area contributed by atoms with Crippen LogP contribution in [0.5, 0.6) is 0 Å². The summed E-state index contributed by atoms with van der Waals surface area (Å²) in [5.74, 6) is 0.204. The third kappa shape index (κ3) is 7.58. The Morgan fingerprint density at radius 3 is 2.00 bits per heavy atom. The van der Waals surface area contributed by atoms with Crippen LogP contribution in [-0.4, -0.2) is 12.5 Å². The van der Waals surface area contributed by atoms with Crippen molar-refractivity contribution in [3.8, 4) is 0 Å². The summed E-state index contributed by atoms with van der Waals surface area (Å²) < 4.78 is 0. The summed E-state index contributed by atoms with van der Waals surface area (Å²) in [5.41, 5.74) is 0. The largest absolute Gasteiger partial charge is 0.356 e. The minimum atomic E-state index is 0.204. The molecule has 1 rings (SSSR count). The molecule has 0 aromatic rings. The molecule has 0 spiro atoms. The Hall–Kier alpha value is -0.530. The predicted octanol–water partition coefficient (Wildman–Crippen LogP) is 2.48. The van der Waals surface area contributed by atoms with Gasteiger partial charge in [-0.25, -0.2) is 0 Å². The highest BCUT2D eigenvalue weighted by Gasteiger charge is 2.05. The standard InChI is InChI=1S/C6H14.C4H7NO/c1-3-5-6-4-2;6-4-2-1-3-5-4/h3-6H2,1-2H3;1-3H2,(H,5,6). The first-order valence-electron chi connectivity index (χ1n) is 5.08. The maximum absolute atomic E-state index is 10.1. The van der Waals surface area contributed by atoms with Gasteiger partial charge in [-0.1, -0.05) is 39.5 Å². The number of amides is 1. The Balaban J connectivity index is 0.000000202. The van der Waals surface area contributed by atoms with Crippen molar-refractivity contribution in [2.75, 3.05) is 6.54 Å². The first-order chi connectivity index (χ1) is 5.81. The molecule has 1 aliphatic rings. The Labute approximate surface area is 75.7 Å². The highest BCUT2D eigenvalue weighted by molar-refractivity contribution is 5.77. The molecule has 1 amide bonds. The maximum Gasteiger partial charge on any atom is 0.220 e. The molecule has 12 heavy (non-hydrogen) atoms. The van der Waals surface area contributed by atoms with E-state index in [1.807, 2.05) is 0 Å². The van der Waals surface area contributed by atoms with E-state index in [0.29, 0.717) is 0 Å². The smallest absolute Gasteiger partial charge is 0.220 e. The number of nitrogens with one attached hydrogen (secondary N) is 1. The second kappa shape index (κ2) is 8.57. The van der Waals surface area contributed by atoms with Gasteiger partial charge in [-0.15, -0.1) is 0 Å². The van der Waals surface area contributed by atoms with Crippen molar-refractivity contribution in [2.45, 2.75) is 52.4 Å². The SMILES string of the molecule is CCCCCC.O=C1CCCN1. The molecule has 72 valence electrons. The van der Waals surface area contributed by atoms with Gasteiger partial charge in [0, 0.05) is 13.0 Å². The van der Waals surface area contributed by atoms with Gasteiger partial charge < -0.3 is 5.32 Å². The molecular formula is C10H21NO. The molecule has 2 nitrogen and oxygen atoms in total. The second-order valence-corrected chi connectivity index (χ2v) is 3.16. The molecule has 0 aromatic heterocycles. The van der Waals surface area contributed by atoms with E-state index < -0.39 is 0 Å². The zero-order valence-electron chi connectivity index (χ0n) is 8.36. The highest BCUT2D eigenvalue weighted by atomic mass is 16.1. The molecule has 0 atom stereocenters. The van der Waals surface area contributed by atoms with Gasteiger partial charge in [-0.05, 0) is 6.42 Å². The van der Waals surface area contributed by atoms with Crippen molar-refractivity contribution >= 4 is 5.91 Å². The molecule has 0 aromatic carbocycles. The molecule has 1 fully saturated rings. The zero-order chi connectivity index (χ0) is 9.23. The predicted molar refractivity (Wildman–Crippen MR) is 52.1 cm³/mol. The van der Waals surface area contributed by atoms with Gasteiger partial charge in [0.05, 0.1) is 0 Å². The van der Waals surface area contributed by atoms with Gasteiger partial charge in [0.25, 0.3) is 0 Å². The van der Waals surface area contributed by atoms with Gasteiger partial charge in [0.2, 0.25) is 5.91 Å². The van der Waals surface area contributed by atoms with Gasteiger partial charge in [-0.3, -0.25) is 4.79 Å². The van der Waals surface area contributed by atoms with E-state index in [1.54, 1.807) is 0 Å². The van der Waals surface area contributed by atoms with Crippen LogP contribution < -0.4 is 5.32 Å². The lowest BCUT2D eigenvalue weighted by molar-refractivity contribution is -0.119. The number of rotatable bonds is 3. The number of carbonyl (C=O) groups excluding carboxylic acids is 1. The third-order valence-corrected chi connectivity index (χ3v) is 1.86. The van der Waals surface area contributed by atoms with E-state index in [-0.39, 0.29) is 5.91 Å². The van der Waals surface area contributed by atoms with Crippen molar-refractivity contribution < 1.29 is 4.79 Å². The van der Waals surface area contributed by atoms with E-state index in [4.69, 9.17) is 0 Å². The Bertz CT molecular complexity index is 100. The van der Waals surface area contributed by atoms with Crippen molar-refractivity contribution in [1.82, 2.24) is 5.32 Å². The Kier molecular flexibility index (Phi) is 8.19. The van der Waals surface area contributed by atoms with E-state index in [0.717, 1.165) is 19.4 Å². The van der Waals surface area contributed by atoms with Gasteiger partial charge >= 0.3 is 0 Å². The van der Waals surface area contributed by atoms with Crippen LogP contribution in [0.2, 0.25) is 0 Å². The van der Waals surface area contributed by atoms with Crippen LogP contribution >= 0.6 is 0 Å². The lowest BCUT2D eigenvalue weighted by Gasteiger charge is -1.86. The molecule has 1 aliphatic heterocycles. The van der Waals surface area contributed by atoms with Crippen molar-refractivity contribution in [3.63, 3.8) is 0 Å². The average Bonchev–Trinajstić information content (AvgIpc) is 2.53. The van der Waals surface area contributed by atoms with E-state index in [9.17, 15) is 4.79 Å². The summed E-state index contributed by atoms with van der Waals surface area (Å²) in [7, 11) is 0. The molecular weight excluding hydrogens is 150 g/mol. The van der Waals surface area contributed by atoms with Gasteiger partial charge in [0.15, 0.2) is 0 Å². The first-order valence-corrected chi connectivity index (χ1v) is 5.08. The monoisotopic (exact) mass is 171 g/mol. The van der Waals surface area contributed by atoms with E-state index in [2.05, 4.69) is 19.2 Å². The summed E-state index contributed by atoms with van der Waals surface area (Å²) in [6.07, 6.45) is 7.30. The third-order valence-electron chi connectivity index (χ3n) is 1.86. The van der Waals surface area contributed by atoms with Crippen molar-refractivity contribution in [1.29, 1.82) is 0 Å². The van der Waals surface area contributed by atoms with Crippen LogP contribution in [0.4, 0.5) is 0 Å². The van der Waals surface area contributed by atoms with Crippen LogP contribution in [0.25, 0.3) is 0 Å². The van der Waals surface area contributed by atoms with Gasteiger partial charge in [0.1, 0.15) is 0 Å². The molecule has 0 saturated carbocycles. The fourth-order valence-corrected chi connectivity index (χ4v) is 1.07. The van der Waals surface area contributed by atoms with Crippen LogP contribution in [0.3, 0.4) is 0 Å². The lowest BCUT2D eigenvalue weighted by atomic mass is 10.2. The molecule has 0 radical (unpaired) electrons. The summed E-state index contributed by atoms with van der Waals surface area (Å²) >= 11 is 0. The molecule has 0 bridgehead atoms. The summed E-state index contributed by atoms with van der Waals surface area (Å²) in [4.78, 5) is 10.1. The molecule has 0 unspecified atom stereocenters. The van der Waals surface area contributed by atoms with Crippen LogP contribution in [0.15, 0.2) is 0 Å².